The quantitative estimate of drug-likeness (QED) is 0.171. The van der Waals surface area contributed by atoms with E-state index in [1.54, 1.807) is 0 Å². The van der Waals surface area contributed by atoms with Gasteiger partial charge in [-0.1, -0.05) is 115 Å². The molecule has 0 amide bonds. The molecule has 0 radical (unpaired) electrons. The molecule has 1 aliphatic rings. The fraction of sp³-hybridized carbons (Fsp3) is 0.0370. The van der Waals surface area contributed by atoms with E-state index in [1.165, 1.54) is 105 Å². The Morgan fingerprint density at radius 2 is 0.810 bits per heavy atom. The summed E-state index contributed by atoms with van der Waals surface area (Å²) >= 11 is 0. The smallest absolute Gasteiger partial charge is 0.0641 e. The molecule has 0 bridgehead atoms. The van der Waals surface area contributed by atoms with Crippen molar-refractivity contribution in [2.24, 2.45) is 0 Å². The van der Waals surface area contributed by atoms with Crippen LogP contribution in [0.1, 0.15) is 17.7 Å². The Bertz CT molecular complexity index is 3660. The van der Waals surface area contributed by atoms with Gasteiger partial charge >= 0.3 is 0 Å². The first-order chi connectivity index (χ1) is 28.8. The van der Waals surface area contributed by atoms with Gasteiger partial charge in [0, 0.05) is 71.7 Å². The monoisotopic (exact) mass is 740 g/mol. The third-order valence-electron chi connectivity index (χ3n) is 12.6. The summed E-state index contributed by atoms with van der Waals surface area (Å²) in [6, 6.07) is 66.8. The van der Waals surface area contributed by atoms with Crippen LogP contribution in [0.2, 0.25) is 0 Å². The number of para-hydroxylation sites is 5. The maximum absolute atomic E-state index is 2.55. The standard InChI is InChI=1S/C54H36N4/c1-3-16-35(17-4-1)55-45-27-12-8-23-41(45)51-48(55)32-33-49-52(51)42-24-9-13-28-46(42)56(49)37-20-15-21-38(34-37)57-47-29-14-10-25-43(47)53-50(57)31-30-40-39-22-7-11-26-44(39)58(54(40)53)36-18-5-2-6-19-36/h1-13,15-28,30-34H,14,29H2. The molecule has 4 heterocycles. The van der Waals surface area contributed by atoms with Gasteiger partial charge in [-0.3, -0.25) is 0 Å². The van der Waals surface area contributed by atoms with Gasteiger partial charge in [0.2, 0.25) is 0 Å². The molecule has 0 fully saturated rings. The molecule has 4 aromatic heterocycles. The highest BCUT2D eigenvalue weighted by Gasteiger charge is 2.25. The molecule has 8 aromatic carbocycles. The molecule has 0 atom stereocenters. The number of allylic oxidation sites excluding steroid dienone is 1. The highest BCUT2D eigenvalue weighted by molar-refractivity contribution is 6.29. The number of aromatic nitrogens is 4. The molecule has 0 aliphatic heterocycles. The second kappa shape index (κ2) is 12.0. The minimum atomic E-state index is 0.983. The number of nitrogens with zero attached hydrogens (tertiary/aromatic N) is 4. The van der Waals surface area contributed by atoms with Crippen LogP contribution in [0.15, 0.2) is 188 Å². The Morgan fingerprint density at radius 3 is 1.47 bits per heavy atom. The maximum Gasteiger partial charge on any atom is 0.0641 e. The van der Waals surface area contributed by atoms with Gasteiger partial charge in [-0.05, 0) is 91.7 Å². The molecule has 0 spiro atoms. The number of fused-ring (bicyclic) bond motifs is 14. The molecule has 272 valence electrons. The van der Waals surface area contributed by atoms with Gasteiger partial charge in [0.05, 0.1) is 38.6 Å². The lowest BCUT2D eigenvalue weighted by Gasteiger charge is -2.15. The summed E-state index contributed by atoms with van der Waals surface area (Å²) < 4.78 is 9.92. The summed E-state index contributed by atoms with van der Waals surface area (Å²) in [5.74, 6) is 0. The molecule has 13 rings (SSSR count). The van der Waals surface area contributed by atoms with E-state index in [0.29, 0.717) is 0 Å². The lowest BCUT2D eigenvalue weighted by Crippen LogP contribution is -2.04. The van der Waals surface area contributed by atoms with Crippen LogP contribution >= 0.6 is 0 Å². The lowest BCUT2D eigenvalue weighted by atomic mass is 10.0. The fourth-order valence-electron chi connectivity index (χ4n) is 10.3. The number of hydrogen-bond acceptors (Lipinski definition) is 0. The van der Waals surface area contributed by atoms with Gasteiger partial charge in [0.1, 0.15) is 0 Å². The molecular weight excluding hydrogens is 705 g/mol. The van der Waals surface area contributed by atoms with Crippen molar-refractivity contribution >= 4 is 82.4 Å². The average molecular weight is 741 g/mol. The van der Waals surface area contributed by atoms with Crippen LogP contribution < -0.4 is 0 Å². The summed E-state index contributed by atoms with van der Waals surface area (Å²) in [6.07, 6.45) is 6.73. The zero-order valence-corrected chi connectivity index (χ0v) is 31.7. The van der Waals surface area contributed by atoms with Crippen molar-refractivity contribution in [2.45, 2.75) is 12.8 Å². The highest BCUT2D eigenvalue weighted by atomic mass is 15.0. The summed E-state index contributed by atoms with van der Waals surface area (Å²) in [6.45, 7) is 0. The first-order valence-corrected chi connectivity index (χ1v) is 20.3. The van der Waals surface area contributed by atoms with Crippen molar-refractivity contribution in [3.05, 3.63) is 199 Å². The third-order valence-corrected chi connectivity index (χ3v) is 12.6. The molecular formula is C54H36N4. The van der Waals surface area contributed by atoms with E-state index < -0.39 is 0 Å². The molecule has 1 aliphatic carbocycles. The largest absolute Gasteiger partial charge is 0.313 e. The van der Waals surface area contributed by atoms with Crippen LogP contribution in [0.25, 0.3) is 105 Å². The van der Waals surface area contributed by atoms with Crippen LogP contribution in [-0.4, -0.2) is 18.3 Å². The van der Waals surface area contributed by atoms with Crippen LogP contribution in [0.5, 0.6) is 0 Å². The second-order valence-electron chi connectivity index (χ2n) is 15.6. The van der Waals surface area contributed by atoms with Crippen molar-refractivity contribution < 1.29 is 0 Å². The Labute approximate surface area is 334 Å². The summed E-state index contributed by atoms with van der Waals surface area (Å²) in [7, 11) is 0. The molecule has 0 saturated carbocycles. The summed E-state index contributed by atoms with van der Waals surface area (Å²) in [4.78, 5) is 0. The first kappa shape index (κ1) is 31.6. The van der Waals surface area contributed by atoms with Gasteiger partial charge in [0.25, 0.3) is 0 Å². The fourth-order valence-corrected chi connectivity index (χ4v) is 10.3. The SMILES string of the molecule is C1=Cc2c(n(-c3cccc(-n4c5ccccc5c5c6c7ccccc7n(-c7ccccc7)c6ccc54)c3)c3ccc4c5ccccc5n(-c5ccccc5)c4c23)CC1. The molecule has 12 aromatic rings. The Balaban J connectivity index is 1.09. The van der Waals surface area contributed by atoms with Gasteiger partial charge in [-0.25, -0.2) is 0 Å². The Hall–Kier alpha value is -7.56. The van der Waals surface area contributed by atoms with Crippen LogP contribution in [-0.2, 0) is 6.42 Å². The lowest BCUT2D eigenvalue weighted by molar-refractivity contribution is 0.888. The molecule has 0 saturated heterocycles. The minimum absolute atomic E-state index is 0.983. The van der Waals surface area contributed by atoms with Crippen molar-refractivity contribution in [3.8, 4) is 22.7 Å². The zero-order chi connectivity index (χ0) is 37.9. The molecule has 4 heteroatoms. The predicted octanol–water partition coefficient (Wildman–Crippen LogP) is 13.9. The van der Waals surface area contributed by atoms with E-state index in [2.05, 4.69) is 212 Å². The van der Waals surface area contributed by atoms with Crippen LogP contribution in [0, 0.1) is 0 Å². The number of rotatable bonds is 4. The van der Waals surface area contributed by atoms with E-state index in [-0.39, 0.29) is 0 Å². The van der Waals surface area contributed by atoms with Crippen molar-refractivity contribution in [1.82, 2.24) is 18.3 Å². The van der Waals surface area contributed by atoms with Crippen molar-refractivity contribution in [1.29, 1.82) is 0 Å². The second-order valence-corrected chi connectivity index (χ2v) is 15.6. The topological polar surface area (TPSA) is 19.7 Å². The number of benzene rings is 8. The Morgan fingerprint density at radius 1 is 0.328 bits per heavy atom. The zero-order valence-electron chi connectivity index (χ0n) is 31.7. The molecule has 4 nitrogen and oxygen atoms in total. The van der Waals surface area contributed by atoms with Gasteiger partial charge in [-0.2, -0.15) is 0 Å². The average Bonchev–Trinajstić information content (AvgIpc) is 4.02. The summed E-state index contributed by atoms with van der Waals surface area (Å²) in [5, 5.41) is 8.97. The van der Waals surface area contributed by atoms with Gasteiger partial charge in [-0.15, -0.1) is 0 Å². The van der Waals surface area contributed by atoms with E-state index in [9.17, 15) is 0 Å². The van der Waals surface area contributed by atoms with Crippen LogP contribution in [0.4, 0.5) is 0 Å². The highest BCUT2D eigenvalue weighted by Crippen LogP contribution is 2.45. The predicted molar refractivity (Wildman–Crippen MR) is 244 cm³/mol. The first-order valence-electron chi connectivity index (χ1n) is 20.3. The molecule has 0 unspecified atom stereocenters. The Kier molecular flexibility index (Phi) is 6.53. The normalized spacial score (nSPS) is 13.0. The third kappa shape index (κ3) is 4.24. The van der Waals surface area contributed by atoms with E-state index in [1.807, 2.05) is 0 Å². The molecule has 58 heavy (non-hydrogen) atoms. The van der Waals surface area contributed by atoms with Gasteiger partial charge in [0.15, 0.2) is 0 Å². The van der Waals surface area contributed by atoms with E-state index >= 15 is 0 Å². The number of hydrogen-bond donors (Lipinski definition) is 0. The van der Waals surface area contributed by atoms with Crippen molar-refractivity contribution in [3.63, 3.8) is 0 Å². The van der Waals surface area contributed by atoms with Crippen LogP contribution in [0.3, 0.4) is 0 Å². The minimum Gasteiger partial charge on any atom is -0.313 e. The maximum atomic E-state index is 2.55. The van der Waals surface area contributed by atoms with E-state index in [0.717, 1.165) is 18.5 Å². The summed E-state index contributed by atoms with van der Waals surface area (Å²) in [5.41, 5.74) is 15.9. The van der Waals surface area contributed by atoms with Crippen molar-refractivity contribution in [2.75, 3.05) is 0 Å². The van der Waals surface area contributed by atoms with Gasteiger partial charge < -0.3 is 18.3 Å². The van der Waals surface area contributed by atoms with E-state index in [4.69, 9.17) is 0 Å². The molecule has 0 N–H and O–H groups in total.